The van der Waals surface area contributed by atoms with E-state index in [4.69, 9.17) is 29.4 Å². The number of para-hydroxylation sites is 1. The molecule has 0 aliphatic carbocycles. The molecule has 34 heavy (non-hydrogen) atoms. The van der Waals surface area contributed by atoms with Gasteiger partial charge in [-0.1, -0.05) is 25.5 Å². The lowest BCUT2D eigenvalue weighted by atomic mass is 10.2. The van der Waals surface area contributed by atoms with Gasteiger partial charge in [0.2, 0.25) is 6.79 Å². The number of benzene rings is 2. The van der Waals surface area contributed by atoms with E-state index in [0.717, 1.165) is 12.8 Å². The highest BCUT2D eigenvalue weighted by Gasteiger charge is 2.19. The van der Waals surface area contributed by atoms with Crippen molar-refractivity contribution in [2.75, 3.05) is 13.4 Å². The maximum Gasteiger partial charge on any atom is 0.344 e. The van der Waals surface area contributed by atoms with Crippen molar-refractivity contribution in [3.8, 4) is 17.2 Å². The molecule has 0 aliphatic rings. The number of hydrogen-bond acceptors (Lipinski definition) is 10. The zero-order valence-corrected chi connectivity index (χ0v) is 19.2. The van der Waals surface area contributed by atoms with Crippen molar-refractivity contribution < 1.29 is 42.9 Å². The van der Waals surface area contributed by atoms with Crippen LogP contribution in [0.1, 0.15) is 54.3 Å². The van der Waals surface area contributed by atoms with E-state index >= 15 is 0 Å². The highest BCUT2D eigenvalue weighted by molar-refractivity contribution is 5.94. The lowest BCUT2D eigenvalue weighted by Gasteiger charge is -2.14. The van der Waals surface area contributed by atoms with Crippen LogP contribution in [-0.2, 0) is 19.1 Å². The Morgan fingerprint density at radius 3 is 2.29 bits per heavy atom. The molecule has 1 atom stereocenters. The van der Waals surface area contributed by atoms with Crippen molar-refractivity contribution in [2.45, 2.75) is 39.7 Å². The minimum Gasteiger partial charge on any atom is -0.490 e. The molecule has 1 unspecified atom stereocenters. The predicted octanol–water partition coefficient (Wildman–Crippen LogP) is 3.01. The fourth-order valence-electron chi connectivity index (χ4n) is 2.54. The van der Waals surface area contributed by atoms with Crippen molar-refractivity contribution in [3.05, 3.63) is 53.6 Å². The molecule has 0 heterocycles. The summed E-state index contributed by atoms with van der Waals surface area (Å²) in [7, 11) is 0. The first-order chi connectivity index (χ1) is 16.2. The van der Waals surface area contributed by atoms with Gasteiger partial charge in [-0.25, -0.2) is 14.4 Å². The summed E-state index contributed by atoms with van der Waals surface area (Å²) >= 11 is 0. The van der Waals surface area contributed by atoms with Gasteiger partial charge in [-0.05, 0) is 43.7 Å². The highest BCUT2D eigenvalue weighted by atomic mass is 16.7. The van der Waals surface area contributed by atoms with Gasteiger partial charge in [-0.15, -0.1) is 0 Å². The Morgan fingerprint density at radius 1 is 0.912 bits per heavy atom. The van der Waals surface area contributed by atoms with Crippen molar-refractivity contribution in [2.24, 2.45) is 5.73 Å². The number of nitrogens with two attached hydrogens (primary N) is 1. The quantitative estimate of drug-likeness (QED) is 0.224. The normalized spacial score (nSPS) is 11.2. The van der Waals surface area contributed by atoms with Crippen LogP contribution in [0, 0.1) is 0 Å². The van der Waals surface area contributed by atoms with E-state index in [1.807, 2.05) is 6.92 Å². The zero-order valence-electron chi connectivity index (χ0n) is 19.2. The number of esters is 4. The number of carbonyl (C=O) groups is 4. The van der Waals surface area contributed by atoms with Gasteiger partial charge in [0.05, 0.1) is 12.2 Å². The van der Waals surface area contributed by atoms with E-state index in [2.05, 4.69) is 0 Å². The van der Waals surface area contributed by atoms with Gasteiger partial charge >= 0.3 is 23.9 Å². The Bertz CT molecular complexity index is 1030. The van der Waals surface area contributed by atoms with Crippen molar-refractivity contribution in [1.29, 1.82) is 0 Å². The molecule has 2 N–H and O–H groups in total. The van der Waals surface area contributed by atoms with E-state index in [0.29, 0.717) is 6.61 Å². The first kappa shape index (κ1) is 26.3. The number of rotatable bonds is 11. The summed E-state index contributed by atoms with van der Waals surface area (Å²) in [4.78, 5) is 47.8. The molecular weight excluding hydrogens is 446 g/mol. The molecule has 0 aromatic heterocycles. The number of unbranched alkanes of at least 4 members (excludes halogenated alkanes) is 1. The van der Waals surface area contributed by atoms with E-state index in [9.17, 15) is 19.2 Å². The molecule has 0 saturated heterocycles. The number of carbonyl (C=O) groups excluding carboxylic acids is 4. The van der Waals surface area contributed by atoms with Crippen LogP contribution in [0.25, 0.3) is 0 Å². The molecule has 0 radical (unpaired) electrons. The minimum atomic E-state index is -0.881. The second kappa shape index (κ2) is 12.9. The molecule has 0 aliphatic heterocycles. The second-order valence-corrected chi connectivity index (χ2v) is 7.14. The van der Waals surface area contributed by atoms with Crippen molar-refractivity contribution >= 4 is 23.9 Å². The Morgan fingerprint density at radius 2 is 1.62 bits per heavy atom. The lowest BCUT2D eigenvalue weighted by Crippen LogP contribution is -2.31. The second-order valence-electron chi connectivity index (χ2n) is 7.14. The summed E-state index contributed by atoms with van der Waals surface area (Å²) in [6, 6.07) is 9.26. The smallest absolute Gasteiger partial charge is 0.344 e. The van der Waals surface area contributed by atoms with Gasteiger partial charge in [0, 0.05) is 6.92 Å². The predicted molar refractivity (Wildman–Crippen MR) is 120 cm³/mol. The fourth-order valence-corrected chi connectivity index (χ4v) is 2.54. The summed E-state index contributed by atoms with van der Waals surface area (Å²) in [5.41, 5.74) is 5.58. The molecule has 0 spiro atoms. The lowest BCUT2D eigenvalue weighted by molar-refractivity contribution is -0.135. The topological polar surface area (TPSA) is 140 Å². The molecule has 10 heteroatoms. The molecule has 0 saturated carbocycles. The maximum absolute atomic E-state index is 12.4. The molecule has 182 valence electrons. The number of hydrogen-bond donors (Lipinski definition) is 1. The third-order valence-electron chi connectivity index (χ3n) is 4.26. The fraction of sp³-hybridized carbons (Fsp3) is 0.333. The van der Waals surface area contributed by atoms with E-state index in [-0.39, 0.29) is 28.4 Å². The molecule has 0 amide bonds. The van der Waals surface area contributed by atoms with Gasteiger partial charge < -0.3 is 29.4 Å². The van der Waals surface area contributed by atoms with Crippen LogP contribution in [0.2, 0.25) is 0 Å². The van der Waals surface area contributed by atoms with Gasteiger partial charge in [-0.3, -0.25) is 4.79 Å². The molecule has 2 aromatic rings. The maximum atomic E-state index is 12.4. The summed E-state index contributed by atoms with van der Waals surface area (Å²) in [6.45, 7) is 4.36. The molecule has 0 fully saturated rings. The first-order valence-electron chi connectivity index (χ1n) is 10.6. The average molecular weight is 473 g/mol. The van der Waals surface area contributed by atoms with E-state index < -0.39 is 36.7 Å². The van der Waals surface area contributed by atoms with E-state index in [1.54, 1.807) is 12.1 Å². The standard InChI is InChI=1S/C24H27NO9/c1-4-5-12-30-20-11-10-17(13-21(20)34-22(27)15(2)25)23(28)31-14-32-24(29)18-8-6-7-9-19(18)33-16(3)26/h6-11,13,15H,4-5,12,14,25H2,1-3H3. The van der Waals surface area contributed by atoms with Gasteiger partial charge in [0.15, 0.2) is 11.5 Å². The average Bonchev–Trinajstić information content (AvgIpc) is 2.79. The molecule has 2 rings (SSSR count). The van der Waals surface area contributed by atoms with Gasteiger partial charge in [0.25, 0.3) is 0 Å². The summed E-state index contributed by atoms with van der Waals surface area (Å²) in [5.74, 6) is -2.69. The van der Waals surface area contributed by atoms with Crippen LogP contribution in [0.5, 0.6) is 17.2 Å². The van der Waals surface area contributed by atoms with E-state index in [1.165, 1.54) is 44.2 Å². The molecular formula is C24H27NO9. The first-order valence-corrected chi connectivity index (χ1v) is 10.6. The van der Waals surface area contributed by atoms with Gasteiger partial charge in [-0.2, -0.15) is 0 Å². The summed E-state index contributed by atoms with van der Waals surface area (Å²) in [6.07, 6.45) is 1.69. The zero-order chi connectivity index (χ0) is 25.1. The van der Waals surface area contributed by atoms with Crippen molar-refractivity contribution in [1.82, 2.24) is 0 Å². The van der Waals surface area contributed by atoms with Crippen LogP contribution in [0.3, 0.4) is 0 Å². The Labute approximate surface area is 196 Å². The van der Waals surface area contributed by atoms with Crippen molar-refractivity contribution in [3.63, 3.8) is 0 Å². The largest absolute Gasteiger partial charge is 0.490 e. The van der Waals surface area contributed by atoms with Crippen LogP contribution >= 0.6 is 0 Å². The monoisotopic (exact) mass is 473 g/mol. The SMILES string of the molecule is CCCCOc1ccc(C(=O)OCOC(=O)c2ccccc2OC(C)=O)cc1OC(=O)C(C)N. The third-order valence-corrected chi connectivity index (χ3v) is 4.26. The highest BCUT2D eigenvalue weighted by Crippen LogP contribution is 2.29. The number of ether oxygens (including phenoxy) is 5. The third kappa shape index (κ3) is 7.89. The van der Waals surface area contributed by atoms with Crippen LogP contribution in [0.15, 0.2) is 42.5 Å². The molecule has 2 aromatic carbocycles. The van der Waals surface area contributed by atoms with Crippen LogP contribution < -0.4 is 19.9 Å². The van der Waals surface area contributed by atoms with Crippen LogP contribution in [0.4, 0.5) is 0 Å². The minimum absolute atomic E-state index is 0.00701. The Hall–Kier alpha value is -3.92. The Balaban J connectivity index is 2.05. The van der Waals surface area contributed by atoms with Gasteiger partial charge in [0.1, 0.15) is 17.4 Å². The summed E-state index contributed by atoms with van der Waals surface area (Å²) in [5, 5.41) is 0. The summed E-state index contributed by atoms with van der Waals surface area (Å²) < 4.78 is 25.8. The molecule has 0 bridgehead atoms. The Kier molecular flexibility index (Phi) is 10.0. The van der Waals surface area contributed by atoms with Crippen LogP contribution in [-0.4, -0.2) is 43.3 Å². The molecule has 10 nitrogen and oxygen atoms in total.